The number of hydrogen-bond acceptors (Lipinski definition) is 1. The summed E-state index contributed by atoms with van der Waals surface area (Å²) in [5, 5.41) is 5.06. The Hall–Kier alpha value is -0.890. The van der Waals surface area contributed by atoms with Crippen molar-refractivity contribution >= 4 is 40.5 Å². The van der Waals surface area contributed by atoms with Crippen LogP contribution in [0.3, 0.4) is 0 Å². The first-order chi connectivity index (χ1) is 9.61. The second kappa shape index (κ2) is 7.21. The van der Waals surface area contributed by atoms with Crippen LogP contribution in [0.1, 0.15) is 31.4 Å². The summed E-state index contributed by atoms with van der Waals surface area (Å²) in [6, 6.07) is 13.9. The monoisotopic (exact) mass is 327 g/mol. The number of anilines is 1. The van der Waals surface area contributed by atoms with Crippen molar-refractivity contribution in [2.45, 2.75) is 25.8 Å². The summed E-state index contributed by atoms with van der Waals surface area (Å²) < 4.78 is 0. The third-order valence-electron chi connectivity index (χ3n) is 3.10. The van der Waals surface area contributed by atoms with E-state index in [0.717, 1.165) is 18.5 Å². The van der Waals surface area contributed by atoms with E-state index in [9.17, 15) is 0 Å². The molecular weight excluding hydrogens is 313 g/mol. The van der Waals surface area contributed by atoms with Crippen molar-refractivity contribution in [2.24, 2.45) is 0 Å². The molecule has 0 bridgehead atoms. The Morgan fingerprint density at radius 3 is 2.15 bits per heavy atom. The second-order valence-corrected chi connectivity index (χ2v) is 5.89. The Balaban J connectivity index is 2.30. The van der Waals surface area contributed by atoms with Gasteiger partial charge in [-0.15, -0.1) is 0 Å². The molecule has 1 unspecified atom stereocenters. The van der Waals surface area contributed by atoms with Gasteiger partial charge in [0.1, 0.15) is 0 Å². The Labute approximate surface area is 134 Å². The molecular formula is C16H16Cl3N. The summed E-state index contributed by atoms with van der Waals surface area (Å²) in [5.74, 6) is 0. The van der Waals surface area contributed by atoms with Crippen molar-refractivity contribution in [3.05, 3.63) is 63.1 Å². The van der Waals surface area contributed by atoms with Gasteiger partial charge in [-0.3, -0.25) is 0 Å². The number of nitrogens with one attached hydrogen (secondary N) is 1. The highest BCUT2D eigenvalue weighted by molar-refractivity contribution is 6.41. The highest BCUT2D eigenvalue weighted by Crippen LogP contribution is 2.36. The van der Waals surface area contributed by atoms with Crippen LogP contribution in [0.2, 0.25) is 15.1 Å². The Morgan fingerprint density at radius 2 is 1.60 bits per heavy atom. The third kappa shape index (κ3) is 3.82. The van der Waals surface area contributed by atoms with Gasteiger partial charge in [0.2, 0.25) is 0 Å². The van der Waals surface area contributed by atoms with Crippen molar-refractivity contribution < 1.29 is 0 Å². The van der Waals surface area contributed by atoms with Crippen molar-refractivity contribution in [2.75, 3.05) is 5.32 Å². The lowest BCUT2D eigenvalue weighted by atomic mass is 10.0. The molecule has 0 aliphatic heterocycles. The van der Waals surface area contributed by atoms with E-state index in [1.54, 1.807) is 12.1 Å². The predicted molar refractivity (Wildman–Crippen MR) is 89.2 cm³/mol. The molecule has 0 fully saturated rings. The Morgan fingerprint density at radius 1 is 1.00 bits per heavy atom. The van der Waals surface area contributed by atoms with Gasteiger partial charge in [-0.05, 0) is 24.1 Å². The molecule has 0 heterocycles. The molecule has 0 aliphatic carbocycles. The van der Waals surface area contributed by atoms with Crippen molar-refractivity contribution in [3.63, 3.8) is 0 Å². The number of hydrogen-bond donors (Lipinski definition) is 1. The van der Waals surface area contributed by atoms with Crippen LogP contribution >= 0.6 is 34.8 Å². The minimum atomic E-state index is 0.178. The van der Waals surface area contributed by atoms with Gasteiger partial charge in [0.15, 0.2) is 0 Å². The van der Waals surface area contributed by atoms with Gasteiger partial charge in [-0.2, -0.15) is 0 Å². The van der Waals surface area contributed by atoms with Crippen LogP contribution in [-0.4, -0.2) is 0 Å². The van der Waals surface area contributed by atoms with E-state index in [1.165, 1.54) is 5.56 Å². The van der Waals surface area contributed by atoms with E-state index in [4.69, 9.17) is 34.8 Å². The van der Waals surface area contributed by atoms with E-state index in [2.05, 4.69) is 24.4 Å². The first kappa shape index (κ1) is 15.5. The molecule has 2 aromatic carbocycles. The van der Waals surface area contributed by atoms with Crippen molar-refractivity contribution in [1.29, 1.82) is 0 Å². The van der Waals surface area contributed by atoms with E-state index < -0.39 is 0 Å². The minimum Gasteiger partial charge on any atom is -0.376 e. The van der Waals surface area contributed by atoms with Crippen LogP contribution < -0.4 is 5.32 Å². The number of halogens is 3. The van der Waals surface area contributed by atoms with Crippen LogP contribution in [0.4, 0.5) is 5.69 Å². The molecule has 0 amide bonds. The fourth-order valence-electron chi connectivity index (χ4n) is 2.15. The molecule has 2 rings (SSSR count). The fraction of sp³-hybridized carbons (Fsp3) is 0.250. The SMILES string of the molecule is CCCC(Nc1c(Cl)cc(Cl)cc1Cl)c1ccccc1. The molecule has 4 heteroatoms. The van der Waals surface area contributed by atoms with E-state index in [1.807, 2.05) is 18.2 Å². The van der Waals surface area contributed by atoms with E-state index in [0.29, 0.717) is 15.1 Å². The Bertz CT molecular complexity index is 546. The lowest BCUT2D eigenvalue weighted by molar-refractivity contribution is 0.678. The Kier molecular flexibility index (Phi) is 5.59. The van der Waals surface area contributed by atoms with E-state index >= 15 is 0 Å². The van der Waals surface area contributed by atoms with Crippen LogP contribution in [0.25, 0.3) is 0 Å². The highest BCUT2D eigenvalue weighted by atomic mass is 35.5. The second-order valence-electron chi connectivity index (χ2n) is 4.64. The van der Waals surface area contributed by atoms with Gasteiger partial charge >= 0.3 is 0 Å². The lowest BCUT2D eigenvalue weighted by Gasteiger charge is -2.21. The predicted octanol–water partition coefficient (Wildman–Crippen LogP) is 6.60. The van der Waals surface area contributed by atoms with Gasteiger partial charge < -0.3 is 5.32 Å². The summed E-state index contributed by atoms with van der Waals surface area (Å²) in [5.41, 5.74) is 1.96. The third-order valence-corrected chi connectivity index (χ3v) is 3.92. The summed E-state index contributed by atoms with van der Waals surface area (Å²) in [6.45, 7) is 2.16. The topological polar surface area (TPSA) is 12.0 Å². The zero-order valence-corrected chi connectivity index (χ0v) is 13.4. The molecule has 0 radical (unpaired) electrons. The van der Waals surface area contributed by atoms with E-state index in [-0.39, 0.29) is 6.04 Å². The molecule has 0 spiro atoms. The molecule has 1 nitrogen and oxygen atoms in total. The molecule has 0 aromatic heterocycles. The zero-order valence-electron chi connectivity index (χ0n) is 11.2. The normalized spacial score (nSPS) is 12.2. The quantitative estimate of drug-likeness (QED) is 0.652. The maximum atomic E-state index is 6.24. The van der Waals surface area contributed by atoms with Gasteiger partial charge in [-0.1, -0.05) is 78.5 Å². The molecule has 106 valence electrons. The molecule has 1 N–H and O–H groups in total. The standard InChI is InChI=1S/C16H16Cl3N/c1-2-6-15(11-7-4-3-5-8-11)20-16-13(18)9-12(17)10-14(16)19/h3-5,7-10,15,20H,2,6H2,1H3. The van der Waals surface area contributed by atoms with Crippen LogP contribution in [0, 0.1) is 0 Å². The average molecular weight is 329 g/mol. The van der Waals surface area contributed by atoms with Crippen molar-refractivity contribution in [3.8, 4) is 0 Å². The molecule has 0 saturated carbocycles. The molecule has 0 saturated heterocycles. The minimum absolute atomic E-state index is 0.178. The van der Waals surface area contributed by atoms with Crippen LogP contribution in [0.15, 0.2) is 42.5 Å². The summed E-state index contributed by atoms with van der Waals surface area (Å²) >= 11 is 18.4. The van der Waals surface area contributed by atoms with Gasteiger partial charge in [0.05, 0.1) is 21.8 Å². The number of rotatable bonds is 5. The molecule has 0 aliphatic rings. The first-order valence-corrected chi connectivity index (χ1v) is 7.71. The molecule has 20 heavy (non-hydrogen) atoms. The highest BCUT2D eigenvalue weighted by Gasteiger charge is 2.14. The summed E-state index contributed by atoms with van der Waals surface area (Å²) in [4.78, 5) is 0. The molecule has 2 aromatic rings. The largest absolute Gasteiger partial charge is 0.376 e. The maximum Gasteiger partial charge on any atom is 0.0724 e. The summed E-state index contributed by atoms with van der Waals surface area (Å²) in [7, 11) is 0. The fourth-order valence-corrected chi connectivity index (χ4v) is 3.08. The number of benzene rings is 2. The smallest absolute Gasteiger partial charge is 0.0724 e. The summed E-state index contributed by atoms with van der Waals surface area (Å²) in [6.07, 6.45) is 2.06. The van der Waals surface area contributed by atoms with Crippen LogP contribution in [-0.2, 0) is 0 Å². The first-order valence-electron chi connectivity index (χ1n) is 6.58. The molecule has 1 atom stereocenters. The van der Waals surface area contributed by atoms with Crippen LogP contribution in [0.5, 0.6) is 0 Å². The van der Waals surface area contributed by atoms with Gasteiger partial charge in [-0.25, -0.2) is 0 Å². The zero-order chi connectivity index (χ0) is 14.5. The maximum absolute atomic E-state index is 6.24. The average Bonchev–Trinajstić information content (AvgIpc) is 2.42. The van der Waals surface area contributed by atoms with Gasteiger partial charge in [0, 0.05) is 5.02 Å². The van der Waals surface area contributed by atoms with Crippen molar-refractivity contribution in [1.82, 2.24) is 0 Å². The lowest BCUT2D eigenvalue weighted by Crippen LogP contribution is -2.11. The van der Waals surface area contributed by atoms with Gasteiger partial charge in [0.25, 0.3) is 0 Å².